The van der Waals surface area contributed by atoms with E-state index in [-0.39, 0.29) is 17.6 Å². The van der Waals surface area contributed by atoms with Gasteiger partial charge in [0, 0.05) is 17.8 Å². The highest BCUT2D eigenvalue weighted by atomic mass is 19.1. The average Bonchev–Trinajstić information content (AvgIpc) is 2.35. The van der Waals surface area contributed by atoms with Crippen molar-refractivity contribution >= 4 is 0 Å². The number of hydrogen-bond acceptors (Lipinski definition) is 3. The largest absolute Gasteiger partial charge is 0.436 e. The lowest BCUT2D eigenvalue weighted by molar-refractivity contribution is 0.418. The van der Waals surface area contributed by atoms with Crippen molar-refractivity contribution in [1.82, 2.24) is 4.98 Å². The smallest absolute Gasteiger partial charge is 0.224 e. The Labute approximate surface area is 105 Å². The standard InChI is InChI=1S/C14H15FN2O/c1-9-5-3-7-12(13(9)15)18-14-11(10(2)16)6-4-8-17-14/h3-8,10H,16H2,1-2H3. The predicted octanol–water partition coefficient (Wildman–Crippen LogP) is 3.34. The van der Waals surface area contributed by atoms with Crippen LogP contribution in [-0.2, 0) is 0 Å². The molecule has 0 radical (unpaired) electrons. The molecule has 4 heteroatoms. The van der Waals surface area contributed by atoms with Crippen molar-refractivity contribution in [2.24, 2.45) is 5.73 Å². The van der Waals surface area contributed by atoms with Gasteiger partial charge in [-0.1, -0.05) is 18.2 Å². The lowest BCUT2D eigenvalue weighted by Gasteiger charge is -2.13. The molecule has 0 bridgehead atoms. The molecule has 0 fully saturated rings. The third kappa shape index (κ3) is 2.49. The Hall–Kier alpha value is -1.94. The number of ether oxygens (including phenoxy) is 1. The van der Waals surface area contributed by atoms with E-state index in [1.54, 1.807) is 37.4 Å². The van der Waals surface area contributed by atoms with E-state index in [9.17, 15) is 4.39 Å². The maximum absolute atomic E-state index is 13.8. The molecule has 0 saturated heterocycles. The highest BCUT2D eigenvalue weighted by Crippen LogP contribution is 2.29. The topological polar surface area (TPSA) is 48.1 Å². The van der Waals surface area contributed by atoms with Crippen molar-refractivity contribution in [2.45, 2.75) is 19.9 Å². The van der Waals surface area contributed by atoms with Crippen LogP contribution in [0.2, 0.25) is 0 Å². The minimum atomic E-state index is -0.376. The number of halogens is 1. The molecule has 1 atom stereocenters. The van der Waals surface area contributed by atoms with Gasteiger partial charge in [-0.3, -0.25) is 0 Å². The first-order valence-corrected chi connectivity index (χ1v) is 5.73. The van der Waals surface area contributed by atoms with E-state index < -0.39 is 0 Å². The summed E-state index contributed by atoms with van der Waals surface area (Å²) in [6, 6.07) is 8.37. The molecule has 1 aromatic heterocycles. The predicted molar refractivity (Wildman–Crippen MR) is 68.1 cm³/mol. The van der Waals surface area contributed by atoms with Crippen molar-refractivity contribution in [1.29, 1.82) is 0 Å². The van der Waals surface area contributed by atoms with E-state index in [4.69, 9.17) is 10.5 Å². The molecular weight excluding hydrogens is 231 g/mol. The molecule has 94 valence electrons. The molecule has 1 heterocycles. The lowest BCUT2D eigenvalue weighted by Crippen LogP contribution is -2.07. The van der Waals surface area contributed by atoms with Crippen LogP contribution in [0.3, 0.4) is 0 Å². The van der Waals surface area contributed by atoms with Gasteiger partial charge in [0.2, 0.25) is 5.88 Å². The minimum absolute atomic E-state index is 0.163. The maximum atomic E-state index is 13.8. The highest BCUT2D eigenvalue weighted by molar-refractivity contribution is 5.36. The van der Waals surface area contributed by atoms with E-state index in [1.807, 2.05) is 13.0 Å². The SMILES string of the molecule is Cc1cccc(Oc2ncccc2C(C)N)c1F. The number of aryl methyl sites for hydroxylation is 1. The van der Waals surface area contributed by atoms with Gasteiger partial charge in [-0.25, -0.2) is 9.37 Å². The number of nitrogens with two attached hydrogens (primary N) is 1. The van der Waals surface area contributed by atoms with Crippen molar-refractivity contribution < 1.29 is 9.13 Å². The van der Waals surface area contributed by atoms with Crippen molar-refractivity contribution in [2.75, 3.05) is 0 Å². The van der Waals surface area contributed by atoms with Crippen LogP contribution in [0.25, 0.3) is 0 Å². The molecule has 1 unspecified atom stereocenters. The molecule has 2 N–H and O–H groups in total. The van der Waals surface area contributed by atoms with Crippen LogP contribution in [0.5, 0.6) is 11.6 Å². The Morgan fingerprint density at radius 3 is 2.78 bits per heavy atom. The van der Waals surface area contributed by atoms with Gasteiger partial charge in [0.05, 0.1) is 0 Å². The van der Waals surface area contributed by atoms with Gasteiger partial charge in [0.25, 0.3) is 0 Å². The Morgan fingerprint density at radius 2 is 2.06 bits per heavy atom. The third-order valence-corrected chi connectivity index (χ3v) is 2.65. The van der Waals surface area contributed by atoms with E-state index >= 15 is 0 Å². The molecular formula is C14H15FN2O. The van der Waals surface area contributed by atoms with E-state index in [0.717, 1.165) is 5.56 Å². The molecule has 0 amide bonds. The number of nitrogens with zero attached hydrogens (tertiary/aromatic N) is 1. The molecule has 0 aliphatic rings. The van der Waals surface area contributed by atoms with Gasteiger partial charge in [-0.05, 0) is 31.5 Å². The summed E-state index contributed by atoms with van der Waals surface area (Å²) in [6.07, 6.45) is 1.59. The fourth-order valence-electron chi connectivity index (χ4n) is 1.64. The molecule has 0 aliphatic heterocycles. The minimum Gasteiger partial charge on any atom is -0.436 e. The summed E-state index contributed by atoms with van der Waals surface area (Å²) in [7, 11) is 0. The van der Waals surface area contributed by atoms with E-state index in [1.165, 1.54) is 0 Å². The molecule has 1 aromatic carbocycles. The number of rotatable bonds is 3. The molecule has 3 nitrogen and oxygen atoms in total. The Morgan fingerprint density at radius 1 is 1.28 bits per heavy atom. The molecule has 2 aromatic rings. The van der Waals surface area contributed by atoms with Crippen LogP contribution in [0.4, 0.5) is 4.39 Å². The average molecular weight is 246 g/mol. The molecule has 18 heavy (non-hydrogen) atoms. The van der Waals surface area contributed by atoms with Gasteiger partial charge in [-0.2, -0.15) is 0 Å². The number of benzene rings is 1. The normalized spacial score (nSPS) is 12.2. The van der Waals surface area contributed by atoms with Crippen molar-refractivity contribution in [3.05, 3.63) is 53.5 Å². The maximum Gasteiger partial charge on any atom is 0.224 e. The van der Waals surface area contributed by atoms with Crippen LogP contribution in [0, 0.1) is 12.7 Å². The second kappa shape index (κ2) is 5.14. The summed E-state index contributed by atoms with van der Waals surface area (Å²) in [5, 5.41) is 0. The summed E-state index contributed by atoms with van der Waals surface area (Å²) in [4.78, 5) is 4.10. The molecule has 0 saturated carbocycles. The van der Waals surface area contributed by atoms with Gasteiger partial charge < -0.3 is 10.5 Å². The zero-order valence-corrected chi connectivity index (χ0v) is 10.4. The Kier molecular flexibility index (Phi) is 3.58. The van der Waals surface area contributed by atoms with Crippen molar-refractivity contribution in [3.8, 4) is 11.6 Å². The van der Waals surface area contributed by atoms with Crippen LogP contribution >= 0.6 is 0 Å². The Balaban J connectivity index is 2.37. The fraction of sp³-hybridized carbons (Fsp3) is 0.214. The first kappa shape index (κ1) is 12.5. The zero-order valence-electron chi connectivity index (χ0n) is 10.4. The van der Waals surface area contributed by atoms with Crippen molar-refractivity contribution in [3.63, 3.8) is 0 Å². The van der Waals surface area contributed by atoms with Crippen LogP contribution < -0.4 is 10.5 Å². The van der Waals surface area contributed by atoms with Crippen LogP contribution in [0.15, 0.2) is 36.5 Å². The summed E-state index contributed by atoms with van der Waals surface area (Å²) in [5.74, 6) is 0.131. The zero-order chi connectivity index (χ0) is 13.1. The molecule has 2 rings (SSSR count). The second-order valence-corrected chi connectivity index (χ2v) is 4.18. The number of pyridine rings is 1. The van der Waals surface area contributed by atoms with Gasteiger partial charge in [0.1, 0.15) is 0 Å². The monoisotopic (exact) mass is 246 g/mol. The summed E-state index contributed by atoms with van der Waals surface area (Å²) in [5.41, 5.74) is 7.10. The lowest BCUT2D eigenvalue weighted by atomic mass is 10.1. The van der Waals surface area contributed by atoms with Gasteiger partial charge >= 0.3 is 0 Å². The number of aromatic nitrogens is 1. The van der Waals surface area contributed by atoms with Gasteiger partial charge in [-0.15, -0.1) is 0 Å². The van der Waals surface area contributed by atoms with Crippen LogP contribution in [-0.4, -0.2) is 4.98 Å². The van der Waals surface area contributed by atoms with E-state index in [2.05, 4.69) is 4.98 Å². The second-order valence-electron chi connectivity index (χ2n) is 4.18. The van der Waals surface area contributed by atoms with E-state index in [0.29, 0.717) is 11.4 Å². The third-order valence-electron chi connectivity index (χ3n) is 2.65. The first-order chi connectivity index (χ1) is 8.59. The quantitative estimate of drug-likeness (QED) is 0.903. The summed E-state index contributed by atoms with van der Waals surface area (Å²) in [6.45, 7) is 3.52. The molecule has 0 aliphatic carbocycles. The molecule has 0 spiro atoms. The first-order valence-electron chi connectivity index (χ1n) is 5.73. The Bertz CT molecular complexity index is 555. The van der Waals surface area contributed by atoms with Gasteiger partial charge in [0.15, 0.2) is 11.6 Å². The number of hydrogen-bond donors (Lipinski definition) is 1. The summed E-state index contributed by atoms with van der Waals surface area (Å²) < 4.78 is 19.4. The van der Waals surface area contributed by atoms with Crippen LogP contribution in [0.1, 0.15) is 24.1 Å². The summed E-state index contributed by atoms with van der Waals surface area (Å²) >= 11 is 0. The highest BCUT2D eigenvalue weighted by Gasteiger charge is 2.12. The fourth-order valence-corrected chi connectivity index (χ4v) is 1.64.